The minimum atomic E-state index is -0.557. The van der Waals surface area contributed by atoms with Crippen LogP contribution in [-0.2, 0) is 0 Å². The molecule has 0 atom stereocenters. The quantitative estimate of drug-likeness (QED) is 0.757. The van der Waals surface area contributed by atoms with Gasteiger partial charge in [0.15, 0.2) is 0 Å². The third-order valence-corrected chi connectivity index (χ3v) is 2.22. The zero-order chi connectivity index (χ0) is 13.0. The maximum atomic E-state index is 11.2. The Bertz CT molecular complexity index is 617. The van der Waals surface area contributed by atoms with Gasteiger partial charge in [-0.15, -0.1) is 0 Å². The summed E-state index contributed by atoms with van der Waals surface area (Å²) in [6.45, 7) is 2.41. The van der Waals surface area contributed by atoms with Gasteiger partial charge in [0.1, 0.15) is 11.6 Å². The number of benzene rings is 1. The summed E-state index contributed by atoms with van der Waals surface area (Å²) in [5, 5.41) is 2.94. The van der Waals surface area contributed by atoms with Crippen molar-refractivity contribution >= 4 is 11.5 Å². The second kappa shape index (κ2) is 5.22. The van der Waals surface area contributed by atoms with Crippen molar-refractivity contribution < 1.29 is 4.74 Å². The number of nitrogens with one attached hydrogen (secondary N) is 3. The highest BCUT2D eigenvalue weighted by Crippen LogP contribution is 2.25. The molecule has 1 aromatic heterocycles. The van der Waals surface area contributed by atoms with Crippen LogP contribution in [0.25, 0.3) is 0 Å². The molecule has 0 saturated heterocycles. The first-order chi connectivity index (χ1) is 8.69. The molecule has 0 amide bonds. The molecule has 94 valence electrons. The molecule has 3 N–H and O–H groups in total. The van der Waals surface area contributed by atoms with Crippen LogP contribution < -0.4 is 21.3 Å². The maximum absolute atomic E-state index is 11.2. The number of hydrogen-bond acceptors (Lipinski definition) is 4. The summed E-state index contributed by atoms with van der Waals surface area (Å²) in [4.78, 5) is 26.9. The first kappa shape index (κ1) is 12.0. The number of para-hydroxylation sites is 2. The Hall–Kier alpha value is -2.50. The van der Waals surface area contributed by atoms with Gasteiger partial charge in [-0.3, -0.25) is 14.8 Å². The van der Waals surface area contributed by atoms with Gasteiger partial charge in [0, 0.05) is 6.07 Å². The van der Waals surface area contributed by atoms with Crippen molar-refractivity contribution in [1.29, 1.82) is 0 Å². The summed E-state index contributed by atoms with van der Waals surface area (Å²) in [6, 6.07) is 8.54. The van der Waals surface area contributed by atoms with E-state index in [1.807, 2.05) is 19.1 Å². The molecule has 18 heavy (non-hydrogen) atoms. The van der Waals surface area contributed by atoms with E-state index in [2.05, 4.69) is 15.3 Å². The van der Waals surface area contributed by atoms with Gasteiger partial charge in [-0.2, -0.15) is 0 Å². The average Bonchev–Trinajstić information content (AvgIpc) is 2.30. The molecule has 2 rings (SSSR count). The van der Waals surface area contributed by atoms with Gasteiger partial charge < -0.3 is 10.1 Å². The van der Waals surface area contributed by atoms with Crippen LogP contribution in [0.3, 0.4) is 0 Å². The van der Waals surface area contributed by atoms with Crippen molar-refractivity contribution in [2.45, 2.75) is 6.92 Å². The normalized spacial score (nSPS) is 10.1. The first-order valence-corrected chi connectivity index (χ1v) is 5.51. The Labute approximate surface area is 103 Å². The van der Waals surface area contributed by atoms with Gasteiger partial charge in [0.25, 0.3) is 5.56 Å². The van der Waals surface area contributed by atoms with Crippen LogP contribution in [0.15, 0.2) is 39.9 Å². The van der Waals surface area contributed by atoms with Crippen molar-refractivity contribution in [1.82, 2.24) is 9.97 Å². The van der Waals surface area contributed by atoms with Crippen LogP contribution in [-0.4, -0.2) is 16.6 Å². The molecule has 0 aliphatic rings. The average molecular weight is 247 g/mol. The molecule has 2 aromatic rings. The third kappa shape index (κ3) is 2.79. The van der Waals surface area contributed by atoms with E-state index in [4.69, 9.17) is 4.74 Å². The third-order valence-electron chi connectivity index (χ3n) is 2.22. The van der Waals surface area contributed by atoms with Gasteiger partial charge >= 0.3 is 5.69 Å². The zero-order valence-electron chi connectivity index (χ0n) is 9.82. The largest absolute Gasteiger partial charge is 0.492 e. The van der Waals surface area contributed by atoms with Crippen LogP contribution in [0, 0.1) is 0 Å². The lowest BCUT2D eigenvalue weighted by atomic mass is 10.3. The van der Waals surface area contributed by atoms with Gasteiger partial charge in [-0.1, -0.05) is 12.1 Å². The number of hydrogen-bond donors (Lipinski definition) is 3. The second-order valence-electron chi connectivity index (χ2n) is 3.56. The molecule has 0 aliphatic heterocycles. The van der Waals surface area contributed by atoms with Crippen LogP contribution in [0.5, 0.6) is 5.75 Å². The van der Waals surface area contributed by atoms with E-state index in [9.17, 15) is 9.59 Å². The molecule has 6 nitrogen and oxygen atoms in total. The SMILES string of the molecule is CCOc1ccccc1Nc1cc(=O)[nH]c(=O)[nH]1. The molecule has 0 bridgehead atoms. The van der Waals surface area contributed by atoms with Crippen molar-refractivity contribution in [3.8, 4) is 5.75 Å². The summed E-state index contributed by atoms with van der Waals surface area (Å²) in [5.74, 6) is 0.969. The van der Waals surface area contributed by atoms with Crippen molar-refractivity contribution in [3.05, 3.63) is 51.2 Å². The molecule has 1 heterocycles. The number of aromatic amines is 2. The smallest absolute Gasteiger partial charge is 0.327 e. The van der Waals surface area contributed by atoms with Crippen molar-refractivity contribution in [2.75, 3.05) is 11.9 Å². The Morgan fingerprint density at radius 2 is 2.00 bits per heavy atom. The van der Waals surface area contributed by atoms with Crippen LogP contribution in [0.4, 0.5) is 11.5 Å². The fourth-order valence-corrected chi connectivity index (χ4v) is 1.53. The van der Waals surface area contributed by atoms with E-state index >= 15 is 0 Å². The molecule has 0 saturated carbocycles. The molecular weight excluding hydrogens is 234 g/mol. The first-order valence-electron chi connectivity index (χ1n) is 5.51. The molecular formula is C12H13N3O3. The standard InChI is InChI=1S/C12H13N3O3/c1-2-18-9-6-4-3-5-8(9)13-10-7-11(16)15-12(17)14-10/h3-7H,2H2,1H3,(H3,13,14,15,16,17). The van der Waals surface area contributed by atoms with E-state index in [1.54, 1.807) is 12.1 Å². The summed E-state index contributed by atoms with van der Waals surface area (Å²) >= 11 is 0. The highest BCUT2D eigenvalue weighted by atomic mass is 16.5. The molecule has 6 heteroatoms. The zero-order valence-corrected chi connectivity index (χ0v) is 9.82. The molecule has 0 fully saturated rings. The monoisotopic (exact) mass is 247 g/mol. The lowest BCUT2D eigenvalue weighted by molar-refractivity contribution is 0.342. The fraction of sp³-hybridized carbons (Fsp3) is 0.167. The highest BCUT2D eigenvalue weighted by Gasteiger charge is 2.03. The Balaban J connectivity index is 2.33. The maximum Gasteiger partial charge on any atom is 0.327 e. The molecule has 0 unspecified atom stereocenters. The van der Waals surface area contributed by atoms with Crippen LogP contribution >= 0.6 is 0 Å². The Kier molecular flexibility index (Phi) is 3.47. The number of aromatic nitrogens is 2. The summed E-state index contributed by atoms with van der Waals surface area (Å²) in [6.07, 6.45) is 0. The number of anilines is 2. The Morgan fingerprint density at radius 3 is 2.72 bits per heavy atom. The van der Waals surface area contributed by atoms with Gasteiger partial charge in [0.05, 0.1) is 12.3 Å². The predicted molar refractivity (Wildman–Crippen MR) is 68.6 cm³/mol. The Morgan fingerprint density at radius 1 is 1.22 bits per heavy atom. The van der Waals surface area contributed by atoms with E-state index in [-0.39, 0.29) is 0 Å². The van der Waals surface area contributed by atoms with E-state index in [0.29, 0.717) is 23.9 Å². The van der Waals surface area contributed by atoms with E-state index in [0.717, 1.165) is 0 Å². The van der Waals surface area contributed by atoms with Crippen molar-refractivity contribution in [3.63, 3.8) is 0 Å². The minimum absolute atomic E-state index is 0.316. The van der Waals surface area contributed by atoms with Crippen LogP contribution in [0.1, 0.15) is 6.92 Å². The van der Waals surface area contributed by atoms with Crippen molar-refractivity contribution in [2.24, 2.45) is 0 Å². The van der Waals surface area contributed by atoms with Gasteiger partial charge in [-0.25, -0.2) is 4.79 Å². The second-order valence-corrected chi connectivity index (χ2v) is 3.56. The van der Waals surface area contributed by atoms with E-state index < -0.39 is 11.2 Å². The minimum Gasteiger partial charge on any atom is -0.492 e. The van der Waals surface area contributed by atoms with Crippen LogP contribution in [0.2, 0.25) is 0 Å². The number of H-pyrrole nitrogens is 2. The molecule has 0 aliphatic carbocycles. The van der Waals surface area contributed by atoms with E-state index in [1.165, 1.54) is 6.07 Å². The molecule has 0 radical (unpaired) electrons. The predicted octanol–water partition coefficient (Wildman–Crippen LogP) is 1.21. The summed E-state index contributed by atoms with van der Waals surface area (Å²) in [5.41, 5.74) is -0.338. The van der Waals surface area contributed by atoms with Gasteiger partial charge in [0.2, 0.25) is 0 Å². The summed E-state index contributed by atoms with van der Waals surface area (Å²) < 4.78 is 5.43. The highest BCUT2D eigenvalue weighted by molar-refractivity contribution is 5.63. The fourth-order valence-electron chi connectivity index (χ4n) is 1.53. The molecule has 0 spiro atoms. The lowest BCUT2D eigenvalue weighted by Gasteiger charge is -2.11. The summed E-state index contributed by atoms with van der Waals surface area (Å²) in [7, 11) is 0. The topological polar surface area (TPSA) is 87.0 Å². The number of rotatable bonds is 4. The van der Waals surface area contributed by atoms with Gasteiger partial charge in [-0.05, 0) is 19.1 Å². The lowest BCUT2D eigenvalue weighted by Crippen LogP contribution is -2.22. The molecule has 1 aromatic carbocycles. The number of ether oxygens (including phenoxy) is 1.